The lowest BCUT2D eigenvalue weighted by Gasteiger charge is -2.03. The maximum Gasteiger partial charge on any atom is 0.235 e. The summed E-state index contributed by atoms with van der Waals surface area (Å²) >= 11 is -0.400. The van der Waals surface area contributed by atoms with E-state index in [4.69, 9.17) is 0 Å². The standard InChI is InChI=1S/C17H17N3O2S2/c1-13-20(16-5-2-3-6-17(16)23-13)12-4-11-18-19-14-7-9-15(10-8-14)24(21)22/h2-3,5-10H,4,11-12H2,1H3. The molecule has 0 bridgehead atoms. The zero-order valence-corrected chi connectivity index (χ0v) is 14.8. The second-order valence-electron chi connectivity index (χ2n) is 5.29. The van der Waals surface area contributed by atoms with Crippen molar-refractivity contribution in [3.63, 3.8) is 0 Å². The van der Waals surface area contributed by atoms with Gasteiger partial charge in [-0.3, -0.25) is 4.21 Å². The molecular weight excluding hydrogens is 342 g/mol. The molecule has 7 heteroatoms. The lowest BCUT2D eigenvalue weighted by atomic mass is 10.3. The van der Waals surface area contributed by atoms with Crippen molar-refractivity contribution >= 4 is 38.3 Å². The molecule has 2 aromatic carbocycles. The zero-order valence-electron chi connectivity index (χ0n) is 13.2. The van der Waals surface area contributed by atoms with Crippen LogP contribution >= 0.6 is 11.3 Å². The largest absolute Gasteiger partial charge is 0.768 e. The van der Waals surface area contributed by atoms with E-state index in [2.05, 4.69) is 46.0 Å². The Morgan fingerprint density at radius 1 is 1.17 bits per heavy atom. The Kier molecular flexibility index (Phi) is 5.44. The Labute approximate surface area is 147 Å². The number of aryl methyl sites for hydroxylation is 2. The molecule has 0 radical (unpaired) electrons. The van der Waals surface area contributed by atoms with Crippen molar-refractivity contribution in [3.05, 3.63) is 53.5 Å². The molecule has 0 aliphatic rings. The van der Waals surface area contributed by atoms with Gasteiger partial charge < -0.3 is 4.55 Å². The number of fused-ring (bicyclic) bond motifs is 1. The van der Waals surface area contributed by atoms with E-state index in [0.29, 0.717) is 12.2 Å². The van der Waals surface area contributed by atoms with Gasteiger partial charge in [-0.25, -0.2) is 0 Å². The maximum atomic E-state index is 10.8. The lowest BCUT2D eigenvalue weighted by molar-refractivity contribution is -0.673. The summed E-state index contributed by atoms with van der Waals surface area (Å²) in [7, 11) is 0. The first kappa shape index (κ1) is 16.9. The first-order valence-corrected chi connectivity index (χ1v) is 9.49. The van der Waals surface area contributed by atoms with E-state index in [1.54, 1.807) is 23.5 Å². The van der Waals surface area contributed by atoms with E-state index in [0.717, 1.165) is 13.0 Å². The monoisotopic (exact) mass is 359 g/mol. The van der Waals surface area contributed by atoms with Crippen molar-refractivity contribution in [2.75, 3.05) is 6.54 Å². The van der Waals surface area contributed by atoms with Gasteiger partial charge in [0, 0.05) is 24.3 Å². The summed E-state index contributed by atoms with van der Waals surface area (Å²) in [4.78, 5) is 0.255. The Hall–Kier alpha value is -1.96. The molecule has 3 rings (SSSR count). The van der Waals surface area contributed by atoms with Crippen molar-refractivity contribution in [2.24, 2.45) is 10.2 Å². The van der Waals surface area contributed by atoms with Crippen LogP contribution in [0.15, 0.2) is 63.7 Å². The summed E-state index contributed by atoms with van der Waals surface area (Å²) < 4.78 is 25.2. The normalized spacial score (nSPS) is 12.9. The second kappa shape index (κ2) is 7.74. The quantitative estimate of drug-likeness (QED) is 0.290. The molecule has 1 heterocycles. The molecule has 0 aliphatic heterocycles. The zero-order chi connectivity index (χ0) is 16.9. The number of hydrogen-bond donors (Lipinski definition) is 0. The number of benzene rings is 2. The molecule has 5 nitrogen and oxygen atoms in total. The van der Waals surface area contributed by atoms with Crippen molar-refractivity contribution in [1.82, 2.24) is 0 Å². The molecule has 1 atom stereocenters. The predicted molar refractivity (Wildman–Crippen MR) is 94.4 cm³/mol. The average Bonchev–Trinajstić information content (AvgIpc) is 2.90. The van der Waals surface area contributed by atoms with Crippen molar-refractivity contribution in [3.8, 4) is 0 Å². The van der Waals surface area contributed by atoms with Crippen molar-refractivity contribution in [2.45, 2.75) is 24.8 Å². The van der Waals surface area contributed by atoms with Crippen molar-refractivity contribution in [1.29, 1.82) is 0 Å². The van der Waals surface area contributed by atoms with Gasteiger partial charge in [0.1, 0.15) is 4.70 Å². The van der Waals surface area contributed by atoms with Crippen LogP contribution in [0.3, 0.4) is 0 Å². The van der Waals surface area contributed by atoms with Gasteiger partial charge in [0.15, 0.2) is 6.54 Å². The number of rotatable bonds is 6. The van der Waals surface area contributed by atoms with Gasteiger partial charge in [0.05, 0.1) is 12.2 Å². The fourth-order valence-corrected chi connectivity index (χ4v) is 3.89. The minimum Gasteiger partial charge on any atom is -0.768 e. The van der Waals surface area contributed by atoms with Crippen molar-refractivity contribution < 1.29 is 13.3 Å². The summed E-state index contributed by atoms with van der Waals surface area (Å²) in [6, 6.07) is 14.7. The van der Waals surface area contributed by atoms with Gasteiger partial charge in [-0.05, 0) is 41.4 Å². The summed E-state index contributed by atoms with van der Waals surface area (Å²) in [5, 5.41) is 9.60. The van der Waals surface area contributed by atoms with Crippen LogP contribution in [0.5, 0.6) is 0 Å². The van der Waals surface area contributed by atoms with Crippen LogP contribution in [0.1, 0.15) is 11.4 Å². The third-order valence-electron chi connectivity index (χ3n) is 3.65. The van der Waals surface area contributed by atoms with Crippen LogP contribution in [-0.4, -0.2) is 15.3 Å². The van der Waals surface area contributed by atoms with Crippen LogP contribution < -0.4 is 4.57 Å². The Bertz CT molecular complexity index is 888. The summed E-state index contributed by atoms with van der Waals surface area (Å²) in [6.07, 6.45) is 0.901. The Balaban J connectivity index is 1.56. The number of aromatic nitrogens is 1. The molecule has 124 valence electrons. The van der Waals surface area contributed by atoms with Gasteiger partial charge in [-0.15, -0.1) is 0 Å². The molecule has 1 aromatic heterocycles. The number of azo groups is 1. The second-order valence-corrected chi connectivity index (χ2v) is 7.46. The van der Waals surface area contributed by atoms with E-state index in [9.17, 15) is 8.76 Å². The highest BCUT2D eigenvalue weighted by atomic mass is 32.2. The van der Waals surface area contributed by atoms with E-state index in [-0.39, 0.29) is 4.90 Å². The summed E-state index contributed by atoms with van der Waals surface area (Å²) in [6.45, 7) is 3.67. The topological polar surface area (TPSA) is 68.7 Å². The number of para-hydroxylation sites is 1. The summed E-state index contributed by atoms with van der Waals surface area (Å²) in [5.41, 5.74) is 1.92. The van der Waals surface area contributed by atoms with Crippen LogP contribution in [-0.2, 0) is 17.6 Å². The molecule has 3 aromatic rings. The minimum atomic E-state index is -2.20. The maximum absolute atomic E-state index is 10.8. The first-order chi connectivity index (χ1) is 11.6. The lowest BCUT2D eigenvalue weighted by Crippen LogP contribution is -2.35. The summed E-state index contributed by atoms with van der Waals surface area (Å²) in [5.74, 6) is 0. The van der Waals surface area contributed by atoms with Gasteiger partial charge in [0.2, 0.25) is 10.5 Å². The molecular formula is C17H17N3O2S2. The molecule has 0 amide bonds. The predicted octanol–water partition coefficient (Wildman–Crippen LogP) is 3.91. The van der Waals surface area contributed by atoms with E-state index >= 15 is 0 Å². The third kappa shape index (κ3) is 3.92. The molecule has 0 fully saturated rings. The highest BCUT2D eigenvalue weighted by molar-refractivity contribution is 7.79. The molecule has 0 spiro atoms. The molecule has 0 aliphatic carbocycles. The SMILES string of the molecule is Cc1sc2ccccc2[n+]1CCCN=Nc1ccc(S(=O)[O-])cc1. The fourth-order valence-electron chi connectivity index (χ4n) is 2.48. The molecule has 24 heavy (non-hydrogen) atoms. The van der Waals surface area contributed by atoms with Gasteiger partial charge >= 0.3 is 0 Å². The number of thiazole rings is 1. The van der Waals surface area contributed by atoms with Crippen LogP contribution in [0.25, 0.3) is 10.2 Å². The Morgan fingerprint density at radius 2 is 1.92 bits per heavy atom. The van der Waals surface area contributed by atoms with E-state index in [1.807, 2.05) is 0 Å². The van der Waals surface area contributed by atoms with Gasteiger partial charge in [0.25, 0.3) is 0 Å². The minimum absolute atomic E-state index is 0.255. The van der Waals surface area contributed by atoms with E-state index < -0.39 is 11.1 Å². The highest BCUT2D eigenvalue weighted by Gasteiger charge is 2.15. The molecule has 0 saturated carbocycles. The van der Waals surface area contributed by atoms with Crippen LogP contribution in [0.2, 0.25) is 0 Å². The van der Waals surface area contributed by atoms with Gasteiger partial charge in [-0.1, -0.05) is 23.5 Å². The number of nitrogens with zero attached hydrogens (tertiary/aromatic N) is 3. The Morgan fingerprint density at radius 3 is 2.67 bits per heavy atom. The van der Waals surface area contributed by atoms with Crippen LogP contribution in [0, 0.1) is 6.92 Å². The van der Waals surface area contributed by atoms with Crippen LogP contribution in [0.4, 0.5) is 5.69 Å². The van der Waals surface area contributed by atoms with E-state index in [1.165, 1.54) is 27.4 Å². The highest BCUT2D eigenvalue weighted by Crippen LogP contribution is 2.19. The first-order valence-electron chi connectivity index (χ1n) is 7.60. The van der Waals surface area contributed by atoms with Gasteiger partial charge in [-0.2, -0.15) is 14.8 Å². The smallest absolute Gasteiger partial charge is 0.235 e. The fraction of sp³-hybridized carbons (Fsp3) is 0.235. The number of hydrogen-bond acceptors (Lipinski definition) is 5. The third-order valence-corrected chi connectivity index (χ3v) is 5.39. The molecule has 1 unspecified atom stereocenters. The molecule has 0 N–H and O–H groups in total. The molecule has 0 saturated heterocycles. The average molecular weight is 359 g/mol.